The summed E-state index contributed by atoms with van der Waals surface area (Å²) in [4.78, 5) is 6.81. The molecule has 1 aromatic carbocycles. The molecule has 0 radical (unpaired) electrons. The van der Waals surface area contributed by atoms with E-state index < -0.39 is 0 Å². The molecule has 19 heavy (non-hydrogen) atoms. The molecule has 2 aromatic rings. The number of benzene rings is 1. The lowest BCUT2D eigenvalue weighted by molar-refractivity contribution is 0.241. The summed E-state index contributed by atoms with van der Waals surface area (Å²) in [5, 5.41) is 4.76. The number of nitrogens with one attached hydrogen (secondary N) is 1. The molecule has 1 fully saturated rings. The maximum absolute atomic E-state index is 5.40. The largest absolute Gasteiger partial charge is 0.494 e. The Morgan fingerprint density at radius 1 is 1.37 bits per heavy atom. The van der Waals surface area contributed by atoms with Gasteiger partial charge in [-0.15, -0.1) is 0 Å². The summed E-state index contributed by atoms with van der Waals surface area (Å²) in [6.45, 7) is 3.15. The summed E-state index contributed by atoms with van der Waals surface area (Å²) in [5.74, 6) is 0.837. The van der Waals surface area contributed by atoms with Crippen LogP contribution in [0.1, 0.15) is 11.6 Å². The first kappa shape index (κ1) is 12.4. The minimum Gasteiger partial charge on any atom is -0.494 e. The van der Waals surface area contributed by atoms with Crippen molar-refractivity contribution in [1.29, 1.82) is 0 Å². The fraction of sp³-hybridized carbons (Fsp3) is 0.400. The second-order valence-electron chi connectivity index (χ2n) is 5.03. The standard InChI is InChI=1S/C15H19N3O/c1-18-9-8-16-13(10-18)11-6-7-17-15-12(11)4-3-5-14(15)19-2/h3-7,13,16H,8-10H2,1-2H3. The molecule has 1 aromatic heterocycles. The Morgan fingerprint density at radius 2 is 2.26 bits per heavy atom. The van der Waals surface area contributed by atoms with Crippen molar-refractivity contribution in [3.8, 4) is 5.75 Å². The Hall–Kier alpha value is -1.65. The molecule has 0 amide bonds. The van der Waals surface area contributed by atoms with Gasteiger partial charge in [0.15, 0.2) is 0 Å². The van der Waals surface area contributed by atoms with E-state index in [1.54, 1.807) is 7.11 Å². The number of rotatable bonds is 2. The Kier molecular flexibility index (Phi) is 3.36. The Morgan fingerprint density at radius 3 is 3.05 bits per heavy atom. The van der Waals surface area contributed by atoms with Gasteiger partial charge in [-0.25, -0.2) is 0 Å². The molecule has 4 heteroatoms. The van der Waals surface area contributed by atoms with Crippen LogP contribution in [0.15, 0.2) is 30.5 Å². The fourth-order valence-electron chi connectivity index (χ4n) is 2.74. The van der Waals surface area contributed by atoms with E-state index in [9.17, 15) is 0 Å². The van der Waals surface area contributed by atoms with Crippen LogP contribution < -0.4 is 10.1 Å². The Balaban J connectivity index is 2.08. The van der Waals surface area contributed by atoms with Crippen molar-refractivity contribution < 1.29 is 4.74 Å². The zero-order valence-electron chi connectivity index (χ0n) is 11.4. The smallest absolute Gasteiger partial charge is 0.145 e. The van der Waals surface area contributed by atoms with Crippen molar-refractivity contribution in [3.05, 3.63) is 36.0 Å². The van der Waals surface area contributed by atoms with Gasteiger partial charge in [0.2, 0.25) is 0 Å². The number of aromatic nitrogens is 1. The number of ether oxygens (including phenoxy) is 1. The molecule has 100 valence electrons. The topological polar surface area (TPSA) is 37.4 Å². The molecule has 1 aliphatic heterocycles. The van der Waals surface area contributed by atoms with Crippen LogP contribution in [0.5, 0.6) is 5.75 Å². The minimum atomic E-state index is 0.358. The molecule has 0 saturated carbocycles. The van der Waals surface area contributed by atoms with Crippen LogP contribution in [0.2, 0.25) is 0 Å². The third-order valence-electron chi connectivity index (χ3n) is 3.74. The number of hydrogen-bond acceptors (Lipinski definition) is 4. The zero-order chi connectivity index (χ0) is 13.2. The van der Waals surface area contributed by atoms with Gasteiger partial charge >= 0.3 is 0 Å². The van der Waals surface area contributed by atoms with Crippen molar-refractivity contribution in [2.45, 2.75) is 6.04 Å². The van der Waals surface area contributed by atoms with E-state index in [4.69, 9.17) is 4.74 Å². The molecule has 1 atom stereocenters. The van der Waals surface area contributed by atoms with Crippen LogP contribution in [0.4, 0.5) is 0 Å². The first-order valence-corrected chi connectivity index (χ1v) is 6.63. The number of piperazine rings is 1. The van der Waals surface area contributed by atoms with Crippen molar-refractivity contribution >= 4 is 10.9 Å². The molecule has 2 heterocycles. The monoisotopic (exact) mass is 257 g/mol. The number of likely N-dealkylation sites (N-methyl/N-ethyl adjacent to an activating group) is 1. The fourth-order valence-corrected chi connectivity index (χ4v) is 2.74. The zero-order valence-corrected chi connectivity index (χ0v) is 11.4. The molecule has 4 nitrogen and oxygen atoms in total. The van der Waals surface area contributed by atoms with Gasteiger partial charge in [-0.2, -0.15) is 0 Å². The Bertz CT molecular complexity index is 585. The predicted octanol–water partition coefficient (Wildman–Crippen LogP) is 1.82. The molecule has 0 bridgehead atoms. The lowest BCUT2D eigenvalue weighted by Crippen LogP contribution is -2.43. The Labute approximate surface area is 113 Å². The van der Waals surface area contributed by atoms with Crippen LogP contribution >= 0.6 is 0 Å². The van der Waals surface area contributed by atoms with Gasteiger partial charge in [0.05, 0.1) is 7.11 Å². The first-order valence-electron chi connectivity index (χ1n) is 6.63. The van der Waals surface area contributed by atoms with Gasteiger partial charge in [0.1, 0.15) is 11.3 Å². The highest BCUT2D eigenvalue weighted by Gasteiger charge is 2.20. The third-order valence-corrected chi connectivity index (χ3v) is 3.74. The average molecular weight is 257 g/mol. The number of nitrogens with zero attached hydrogens (tertiary/aromatic N) is 2. The van der Waals surface area contributed by atoms with Crippen LogP contribution in [0, 0.1) is 0 Å². The number of pyridine rings is 1. The predicted molar refractivity (Wildman–Crippen MR) is 76.5 cm³/mol. The normalized spacial score (nSPS) is 20.6. The molecular formula is C15H19N3O. The van der Waals surface area contributed by atoms with E-state index in [1.165, 1.54) is 10.9 Å². The lowest BCUT2D eigenvalue weighted by atomic mass is 10.00. The van der Waals surface area contributed by atoms with Gasteiger partial charge in [-0.3, -0.25) is 4.98 Å². The lowest BCUT2D eigenvalue weighted by Gasteiger charge is -2.31. The highest BCUT2D eigenvalue weighted by Crippen LogP contribution is 2.29. The number of hydrogen-bond donors (Lipinski definition) is 1. The molecule has 1 unspecified atom stereocenters. The highest BCUT2D eigenvalue weighted by molar-refractivity contribution is 5.87. The van der Waals surface area contributed by atoms with Crippen molar-refractivity contribution in [3.63, 3.8) is 0 Å². The maximum atomic E-state index is 5.40. The summed E-state index contributed by atoms with van der Waals surface area (Å²) >= 11 is 0. The van der Waals surface area contributed by atoms with Gasteiger partial charge in [0.25, 0.3) is 0 Å². The summed E-state index contributed by atoms with van der Waals surface area (Å²) in [6, 6.07) is 8.57. The summed E-state index contributed by atoms with van der Waals surface area (Å²) in [6.07, 6.45) is 1.87. The van der Waals surface area contributed by atoms with E-state index in [-0.39, 0.29) is 0 Å². The number of fused-ring (bicyclic) bond motifs is 1. The molecular weight excluding hydrogens is 238 g/mol. The number of methoxy groups -OCH3 is 1. The van der Waals surface area contributed by atoms with E-state index in [0.717, 1.165) is 30.9 Å². The van der Waals surface area contributed by atoms with Crippen LogP contribution in [0.25, 0.3) is 10.9 Å². The second-order valence-corrected chi connectivity index (χ2v) is 5.03. The third kappa shape index (κ3) is 2.29. The van der Waals surface area contributed by atoms with Crippen LogP contribution in [-0.4, -0.2) is 43.7 Å². The maximum Gasteiger partial charge on any atom is 0.145 e. The quantitative estimate of drug-likeness (QED) is 0.890. The van der Waals surface area contributed by atoms with E-state index in [2.05, 4.69) is 34.4 Å². The van der Waals surface area contributed by atoms with E-state index >= 15 is 0 Å². The van der Waals surface area contributed by atoms with Crippen molar-refractivity contribution in [2.75, 3.05) is 33.8 Å². The van der Waals surface area contributed by atoms with Gasteiger partial charge in [-0.1, -0.05) is 12.1 Å². The molecule has 1 aliphatic rings. The van der Waals surface area contributed by atoms with E-state index in [1.807, 2.05) is 18.3 Å². The summed E-state index contributed by atoms with van der Waals surface area (Å²) in [7, 11) is 3.85. The van der Waals surface area contributed by atoms with Crippen LogP contribution in [0.3, 0.4) is 0 Å². The first-order chi connectivity index (χ1) is 9.29. The molecule has 0 spiro atoms. The average Bonchev–Trinajstić information content (AvgIpc) is 2.46. The van der Waals surface area contributed by atoms with E-state index in [0.29, 0.717) is 6.04 Å². The van der Waals surface area contributed by atoms with Gasteiger partial charge < -0.3 is 15.0 Å². The molecule has 1 N–H and O–H groups in total. The highest BCUT2D eigenvalue weighted by atomic mass is 16.5. The molecule has 3 rings (SSSR count). The van der Waals surface area contributed by atoms with Crippen molar-refractivity contribution in [1.82, 2.24) is 15.2 Å². The molecule has 1 saturated heterocycles. The summed E-state index contributed by atoms with van der Waals surface area (Å²) in [5.41, 5.74) is 2.24. The summed E-state index contributed by atoms with van der Waals surface area (Å²) < 4.78 is 5.40. The van der Waals surface area contributed by atoms with Gasteiger partial charge in [0, 0.05) is 37.3 Å². The van der Waals surface area contributed by atoms with Crippen LogP contribution in [-0.2, 0) is 0 Å². The molecule has 0 aliphatic carbocycles. The second kappa shape index (κ2) is 5.15. The minimum absolute atomic E-state index is 0.358. The van der Waals surface area contributed by atoms with Crippen molar-refractivity contribution in [2.24, 2.45) is 0 Å². The number of para-hydroxylation sites is 1. The van der Waals surface area contributed by atoms with Gasteiger partial charge in [-0.05, 0) is 24.7 Å². The SMILES string of the molecule is COc1cccc2c(C3CN(C)CCN3)ccnc12.